The normalized spacial score (nSPS) is 14.6. The van der Waals surface area contributed by atoms with E-state index in [1.807, 2.05) is 47.1 Å². The number of piperazine rings is 1. The zero-order chi connectivity index (χ0) is 19.8. The minimum Gasteiger partial charge on any atom is -0.368 e. The van der Waals surface area contributed by atoms with Crippen molar-refractivity contribution < 1.29 is 4.39 Å². The van der Waals surface area contributed by atoms with E-state index in [1.54, 1.807) is 6.20 Å². The molecule has 0 N–H and O–H groups in total. The first-order valence-corrected chi connectivity index (χ1v) is 9.91. The first-order chi connectivity index (χ1) is 14.2. The van der Waals surface area contributed by atoms with Gasteiger partial charge in [-0.05, 0) is 42.5 Å². The number of hydrogen-bond acceptors (Lipinski definition) is 4. The summed E-state index contributed by atoms with van der Waals surface area (Å²) >= 11 is 6.00. The van der Waals surface area contributed by atoms with Crippen molar-refractivity contribution in [2.45, 2.75) is 0 Å². The highest BCUT2D eigenvalue weighted by atomic mass is 35.5. The van der Waals surface area contributed by atoms with E-state index < -0.39 is 0 Å². The Kier molecular flexibility index (Phi) is 4.56. The Balaban J connectivity index is 1.39. The van der Waals surface area contributed by atoms with Crippen LogP contribution in [0.2, 0.25) is 5.02 Å². The van der Waals surface area contributed by atoms with Gasteiger partial charge >= 0.3 is 0 Å². The molecule has 1 saturated heterocycles. The van der Waals surface area contributed by atoms with E-state index in [0.717, 1.165) is 54.5 Å². The summed E-state index contributed by atoms with van der Waals surface area (Å²) in [7, 11) is 0. The second-order valence-corrected chi connectivity index (χ2v) is 7.50. The fourth-order valence-corrected chi connectivity index (χ4v) is 3.87. The predicted octanol–water partition coefficient (Wildman–Crippen LogP) is 4.52. The lowest BCUT2D eigenvalue weighted by Gasteiger charge is -2.36. The maximum absolute atomic E-state index is 13.2. The van der Waals surface area contributed by atoms with E-state index in [1.165, 1.54) is 12.1 Å². The molecule has 0 saturated carbocycles. The highest BCUT2D eigenvalue weighted by Crippen LogP contribution is 2.27. The summed E-state index contributed by atoms with van der Waals surface area (Å²) in [6, 6.07) is 16.4. The maximum Gasteiger partial charge on any atom is 0.154 e. The van der Waals surface area contributed by atoms with Crippen LogP contribution in [0.1, 0.15) is 0 Å². The molecule has 5 rings (SSSR count). The summed E-state index contributed by atoms with van der Waals surface area (Å²) in [5, 5.41) is 5.41. The Hall–Kier alpha value is -3.12. The maximum atomic E-state index is 13.2. The fourth-order valence-electron chi connectivity index (χ4n) is 3.74. The summed E-state index contributed by atoms with van der Waals surface area (Å²) in [4.78, 5) is 9.19. The average Bonchev–Trinajstić information content (AvgIpc) is 3.19. The zero-order valence-corrected chi connectivity index (χ0v) is 16.4. The Labute approximate surface area is 173 Å². The Bertz CT molecular complexity index is 1130. The van der Waals surface area contributed by atoms with E-state index in [0.29, 0.717) is 5.02 Å². The minimum absolute atomic E-state index is 0.208. The molecular formula is C22H19ClFN5. The van der Waals surface area contributed by atoms with Gasteiger partial charge in [0.15, 0.2) is 5.82 Å². The van der Waals surface area contributed by atoms with Crippen molar-refractivity contribution >= 4 is 28.6 Å². The molecule has 0 spiro atoms. The van der Waals surface area contributed by atoms with Crippen LogP contribution in [0.5, 0.6) is 0 Å². The molecule has 3 heterocycles. The van der Waals surface area contributed by atoms with Gasteiger partial charge in [-0.15, -0.1) is 0 Å². The van der Waals surface area contributed by atoms with Crippen molar-refractivity contribution in [2.75, 3.05) is 36.0 Å². The summed E-state index contributed by atoms with van der Waals surface area (Å²) in [5.41, 5.74) is 3.94. The van der Waals surface area contributed by atoms with Crippen molar-refractivity contribution in [2.24, 2.45) is 0 Å². The van der Waals surface area contributed by atoms with Gasteiger partial charge in [0.2, 0.25) is 0 Å². The van der Waals surface area contributed by atoms with Crippen LogP contribution >= 0.6 is 11.6 Å². The van der Waals surface area contributed by atoms with Crippen molar-refractivity contribution in [3.63, 3.8) is 0 Å². The molecule has 0 radical (unpaired) electrons. The third kappa shape index (κ3) is 3.51. The van der Waals surface area contributed by atoms with Crippen LogP contribution in [-0.4, -0.2) is 40.8 Å². The quantitative estimate of drug-likeness (QED) is 0.500. The number of halogens is 2. The number of benzene rings is 2. The molecule has 0 unspecified atom stereocenters. The van der Waals surface area contributed by atoms with Gasteiger partial charge < -0.3 is 9.80 Å². The Morgan fingerprint density at radius 1 is 0.862 bits per heavy atom. The third-order valence-electron chi connectivity index (χ3n) is 5.28. The first kappa shape index (κ1) is 17.9. The van der Waals surface area contributed by atoms with Gasteiger partial charge in [0, 0.05) is 54.8 Å². The van der Waals surface area contributed by atoms with Gasteiger partial charge in [0.25, 0.3) is 0 Å². The molecule has 1 fully saturated rings. The van der Waals surface area contributed by atoms with Crippen LogP contribution in [-0.2, 0) is 0 Å². The number of nitrogens with zero attached hydrogens (tertiary/aromatic N) is 5. The van der Waals surface area contributed by atoms with Crippen LogP contribution in [0.3, 0.4) is 0 Å². The molecular weight excluding hydrogens is 389 g/mol. The molecule has 5 nitrogen and oxygen atoms in total. The highest BCUT2D eigenvalue weighted by Gasteiger charge is 2.21. The van der Waals surface area contributed by atoms with Gasteiger partial charge in [-0.3, -0.25) is 0 Å². The van der Waals surface area contributed by atoms with Crippen molar-refractivity contribution in [3.05, 3.63) is 77.8 Å². The SMILES string of the molecule is Fc1ccc(N2CCN(c3nccn4nc(-c5ccc(Cl)cc5)cc34)CC2)cc1. The summed E-state index contributed by atoms with van der Waals surface area (Å²) in [6.45, 7) is 3.39. The molecule has 4 aromatic rings. The molecule has 0 atom stereocenters. The van der Waals surface area contributed by atoms with Gasteiger partial charge in [-0.1, -0.05) is 23.7 Å². The monoisotopic (exact) mass is 407 g/mol. The average molecular weight is 408 g/mol. The topological polar surface area (TPSA) is 36.7 Å². The second-order valence-electron chi connectivity index (χ2n) is 7.07. The molecule has 0 amide bonds. The molecule has 0 bridgehead atoms. The molecule has 146 valence electrons. The lowest BCUT2D eigenvalue weighted by molar-refractivity contribution is 0.624. The van der Waals surface area contributed by atoms with Crippen molar-refractivity contribution in [1.29, 1.82) is 0 Å². The molecule has 1 aliphatic rings. The molecule has 7 heteroatoms. The molecule has 29 heavy (non-hydrogen) atoms. The molecule has 1 aliphatic heterocycles. The Morgan fingerprint density at radius 3 is 2.28 bits per heavy atom. The standard InChI is InChI=1S/C22H19ClFN5/c23-17-3-1-16(2-4-17)20-15-21-22(25-9-10-29(21)26-20)28-13-11-27(12-14-28)19-7-5-18(24)6-8-19/h1-10,15H,11-14H2. The van der Waals surface area contributed by atoms with Crippen molar-refractivity contribution in [1.82, 2.24) is 14.6 Å². The highest BCUT2D eigenvalue weighted by molar-refractivity contribution is 6.30. The summed E-state index contributed by atoms with van der Waals surface area (Å²) in [6.07, 6.45) is 3.65. The number of rotatable bonds is 3. The Morgan fingerprint density at radius 2 is 1.55 bits per heavy atom. The van der Waals surface area contributed by atoms with Crippen LogP contribution < -0.4 is 9.80 Å². The van der Waals surface area contributed by atoms with Gasteiger partial charge in [-0.25, -0.2) is 13.9 Å². The third-order valence-corrected chi connectivity index (χ3v) is 5.53. The smallest absolute Gasteiger partial charge is 0.154 e. The van der Waals surface area contributed by atoms with E-state index in [9.17, 15) is 4.39 Å². The lowest BCUT2D eigenvalue weighted by Crippen LogP contribution is -2.47. The van der Waals surface area contributed by atoms with Crippen LogP contribution in [0.15, 0.2) is 67.0 Å². The largest absolute Gasteiger partial charge is 0.368 e. The lowest BCUT2D eigenvalue weighted by atomic mass is 10.1. The van der Waals surface area contributed by atoms with E-state index in [4.69, 9.17) is 16.7 Å². The van der Waals surface area contributed by atoms with Gasteiger partial charge in [0.05, 0.1) is 5.69 Å². The number of fused-ring (bicyclic) bond motifs is 1. The van der Waals surface area contributed by atoms with E-state index in [-0.39, 0.29) is 5.82 Å². The van der Waals surface area contributed by atoms with Crippen LogP contribution in [0, 0.1) is 5.82 Å². The van der Waals surface area contributed by atoms with E-state index >= 15 is 0 Å². The first-order valence-electron chi connectivity index (χ1n) is 9.53. The summed E-state index contributed by atoms with van der Waals surface area (Å²) in [5.74, 6) is 0.722. The van der Waals surface area contributed by atoms with Gasteiger partial charge in [-0.2, -0.15) is 5.10 Å². The molecule has 0 aliphatic carbocycles. The zero-order valence-electron chi connectivity index (χ0n) is 15.7. The second kappa shape index (κ2) is 7.37. The number of anilines is 2. The minimum atomic E-state index is -0.208. The number of aromatic nitrogens is 3. The molecule has 2 aromatic heterocycles. The van der Waals surface area contributed by atoms with Crippen molar-refractivity contribution in [3.8, 4) is 11.3 Å². The van der Waals surface area contributed by atoms with E-state index in [2.05, 4.69) is 20.9 Å². The summed E-state index contributed by atoms with van der Waals surface area (Å²) < 4.78 is 15.1. The number of hydrogen-bond donors (Lipinski definition) is 0. The molecule has 2 aromatic carbocycles. The predicted molar refractivity (Wildman–Crippen MR) is 114 cm³/mol. The van der Waals surface area contributed by atoms with Crippen LogP contribution in [0.4, 0.5) is 15.9 Å². The van der Waals surface area contributed by atoms with Gasteiger partial charge in [0.1, 0.15) is 11.3 Å². The fraction of sp³-hybridized carbons (Fsp3) is 0.182. The van der Waals surface area contributed by atoms with Crippen LogP contribution in [0.25, 0.3) is 16.8 Å².